The molecule has 0 aromatic carbocycles. The third-order valence-electron chi connectivity index (χ3n) is 4.19. The number of nitrogens with zero attached hydrogens (tertiary/aromatic N) is 1. The first-order valence-electron chi connectivity index (χ1n) is 7.73. The monoisotopic (exact) mass is 295 g/mol. The second-order valence-corrected chi connectivity index (χ2v) is 5.67. The van der Waals surface area contributed by atoms with Crippen LogP contribution in [0.25, 0.3) is 0 Å². The van der Waals surface area contributed by atoms with Gasteiger partial charge in [0.25, 0.3) is 0 Å². The third-order valence-corrected chi connectivity index (χ3v) is 4.19. The Balaban J connectivity index is 1.77. The van der Waals surface area contributed by atoms with E-state index in [-0.39, 0.29) is 24.5 Å². The number of rotatable bonds is 7. The maximum Gasteiger partial charge on any atom is 0.303 e. The molecule has 118 valence electrons. The van der Waals surface area contributed by atoms with Crippen molar-refractivity contribution in [2.24, 2.45) is 5.92 Å². The highest BCUT2D eigenvalue weighted by molar-refractivity contribution is 5.66. The summed E-state index contributed by atoms with van der Waals surface area (Å²) in [6, 6.07) is 0.285. The van der Waals surface area contributed by atoms with Gasteiger partial charge in [0, 0.05) is 31.5 Å². The Morgan fingerprint density at radius 2 is 2.05 bits per heavy atom. The van der Waals surface area contributed by atoms with Gasteiger partial charge in [-0.2, -0.15) is 0 Å². The molecule has 1 aliphatic heterocycles. The number of aliphatic hydroxyl groups is 1. The van der Waals surface area contributed by atoms with Crippen molar-refractivity contribution < 1.29 is 19.7 Å². The Hall–Kier alpha value is -1.17. The number of carbonyl (C=O) groups is 1. The number of carboxylic acids is 1. The fourth-order valence-electron chi connectivity index (χ4n) is 3.00. The van der Waals surface area contributed by atoms with Crippen LogP contribution >= 0.6 is 0 Å². The van der Waals surface area contributed by atoms with Gasteiger partial charge in [-0.25, -0.2) is 0 Å². The van der Waals surface area contributed by atoms with Crippen LogP contribution in [0, 0.1) is 5.92 Å². The molecule has 2 aliphatic rings. The van der Waals surface area contributed by atoms with Crippen LogP contribution in [0.1, 0.15) is 25.7 Å². The molecular weight excluding hydrogens is 270 g/mol. The van der Waals surface area contributed by atoms with Crippen molar-refractivity contribution in [1.29, 1.82) is 0 Å². The largest absolute Gasteiger partial charge is 0.481 e. The van der Waals surface area contributed by atoms with E-state index >= 15 is 0 Å². The molecule has 0 radical (unpaired) electrons. The van der Waals surface area contributed by atoms with E-state index in [9.17, 15) is 9.90 Å². The maximum absolute atomic E-state index is 10.4. The number of aliphatic hydroxyl groups excluding tert-OH is 1. The van der Waals surface area contributed by atoms with E-state index < -0.39 is 5.97 Å². The molecule has 5 heteroatoms. The number of allylic oxidation sites excluding steroid dienone is 2. The minimum atomic E-state index is -0.744. The van der Waals surface area contributed by atoms with Gasteiger partial charge >= 0.3 is 5.97 Å². The van der Waals surface area contributed by atoms with Crippen molar-refractivity contribution in [3.8, 4) is 0 Å². The van der Waals surface area contributed by atoms with Crippen LogP contribution in [0.2, 0.25) is 0 Å². The second-order valence-electron chi connectivity index (χ2n) is 5.67. The average molecular weight is 295 g/mol. The number of unbranched alkanes of at least 4 members (excludes halogenated alkanes) is 1. The highest BCUT2D eigenvalue weighted by atomic mass is 16.5. The zero-order valence-corrected chi connectivity index (χ0v) is 12.4. The third kappa shape index (κ3) is 4.95. The Kier molecular flexibility index (Phi) is 6.42. The summed E-state index contributed by atoms with van der Waals surface area (Å²) < 4.78 is 5.38. The molecule has 0 aromatic rings. The molecule has 2 N–H and O–H groups in total. The summed E-state index contributed by atoms with van der Waals surface area (Å²) in [5.41, 5.74) is 0. The van der Waals surface area contributed by atoms with Crippen LogP contribution in [0.3, 0.4) is 0 Å². The predicted octanol–water partition coefficient (Wildman–Crippen LogP) is 1.44. The van der Waals surface area contributed by atoms with Gasteiger partial charge in [-0.1, -0.05) is 24.3 Å². The van der Waals surface area contributed by atoms with Gasteiger partial charge in [0.2, 0.25) is 0 Å². The summed E-state index contributed by atoms with van der Waals surface area (Å²) in [6.45, 7) is 3.36. The van der Waals surface area contributed by atoms with Crippen LogP contribution in [-0.4, -0.2) is 59.5 Å². The van der Waals surface area contributed by atoms with E-state index in [2.05, 4.69) is 17.1 Å². The van der Waals surface area contributed by atoms with E-state index in [1.165, 1.54) is 0 Å². The number of morpholine rings is 1. The Morgan fingerprint density at radius 1 is 1.29 bits per heavy atom. The molecular formula is C16H25NO4. The lowest BCUT2D eigenvalue weighted by atomic mass is 9.94. The highest BCUT2D eigenvalue weighted by Gasteiger charge is 2.33. The predicted molar refractivity (Wildman–Crippen MR) is 80.1 cm³/mol. The van der Waals surface area contributed by atoms with Gasteiger partial charge < -0.3 is 14.9 Å². The quantitative estimate of drug-likeness (QED) is 0.549. The number of hydrogen-bond donors (Lipinski definition) is 2. The molecule has 1 heterocycles. The summed E-state index contributed by atoms with van der Waals surface area (Å²) >= 11 is 0. The summed E-state index contributed by atoms with van der Waals surface area (Å²) in [6.07, 6.45) is 10.2. The smallest absolute Gasteiger partial charge is 0.303 e. The summed E-state index contributed by atoms with van der Waals surface area (Å²) in [4.78, 5) is 12.8. The first-order chi connectivity index (χ1) is 10.2. The van der Waals surface area contributed by atoms with Crippen LogP contribution in [-0.2, 0) is 9.53 Å². The molecule has 21 heavy (non-hydrogen) atoms. The average Bonchev–Trinajstić information content (AvgIpc) is 2.84. The molecule has 0 amide bonds. The first kappa shape index (κ1) is 16.2. The summed E-state index contributed by atoms with van der Waals surface area (Å²) in [5.74, 6) is -0.551. The molecule has 0 unspecified atom stereocenters. The standard InChI is InChI=1S/C16H25NO4/c18-15-8-7-14(17-9-11-21-12-10-17)13(15)5-3-1-2-4-6-16(19)20/h1,3,7-8,13-15,18H,2,4-6,9-12H2,(H,19,20)/b3-1-/t13-,14+,15+/m1/s1. The zero-order chi connectivity index (χ0) is 15.1. The van der Waals surface area contributed by atoms with Crippen molar-refractivity contribution in [3.63, 3.8) is 0 Å². The van der Waals surface area contributed by atoms with Gasteiger partial charge in [0.15, 0.2) is 0 Å². The molecule has 0 spiro atoms. The number of carboxylic acid groups (broad SMARTS) is 1. The van der Waals surface area contributed by atoms with Crippen molar-refractivity contribution in [1.82, 2.24) is 4.90 Å². The lowest BCUT2D eigenvalue weighted by Gasteiger charge is -2.35. The van der Waals surface area contributed by atoms with Crippen molar-refractivity contribution in [3.05, 3.63) is 24.3 Å². The van der Waals surface area contributed by atoms with E-state index in [0.717, 1.165) is 39.1 Å². The summed E-state index contributed by atoms with van der Waals surface area (Å²) in [7, 11) is 0. The molecule has 0 aromatic heterocycles. The first-order valence-corrected chi connectivity index (χ1v) is 7.73. The minimum Gasteiger partial charge on any atom is -0.481 e. The Labute approximate surface area is 125 Å². The lowest BCUT2D eigenvalue weighted by molar-refractivity contribution is -0.137. The van der Waals surface area contributed by atoms with Crippen LogP contribution in [0.5, 0.6) is 0 Å². The maximum atomic E-state index is 10.4. The highest BCUT2D eigenvalue weighted by Crippen LogP contribution is 2.28. The fraction of sp³-hybridized carbons (Fsp3) is 0.688. The molecule has 0 saturated carbocycles. The molecule has 1 saturated heterocycles. The normalized spacial score (nSPS) is 30.2. The van der Waals surface area contributed by atoms with Gasteiger partial charge in [0.05, 0.1) is 19.3 Å². The number of ether oxygens (including phenoxy) is 1. The van der Waals surface area contributed by atoms with Crippen molar-refractivity contribution >= 4 is 5.97 Å². The summed E-state index contributed by atoms with van der Waals surface area (Å²) in [5, 5.41) is 18.7. The van der Waals surface area contributed by atoms with Crippen molar-refractivity contribution in [2.45, 2.75) is 37.8 Å². The Morgan fingerprint density at radius 3 is 2.76 bits per heavy atom. The molecule has 1 fully saturated rings. The molecule has 3 atom stereocenters. The second kappa shape index (κ2) is 8.32. The van der Waals surface area contributed by atoms with Crippen molar-refractivity contribution in [2.75, 3.05) is 26.3 Å². The fourth-order valence-corrected chi connectivity index (χ4v) is 3.00. The van der Waals surface area contributed by atoms with Gasteiger partial charge in [0.1, 0.15) is 0 Å². The van der Waals surface area contributed by atoms with E-state index in [1.807, 2.05) is 12.2 Å². The van der Waals surface area contributed by atoms with Gasteiger partial charge in [-0.15, -0.1) is 0 Å². The SMILES string of the molecule is O=C(O)CCC/C=C\C[C@H]1[C@@H](O)C=C[C@@H]1N1CCOCC1. The van der Waals surface area contributed by atoms with Crippen LogP contribution in [0.15, 0.2) is 24.3 Å². The molecule has 2 rings (SSSR count). The van der Waals surface area contributed by atoms with E-state index in [1.54, 1.807) is 0 Å². The number of hydrogen-bond acceptors (Lipinski definition) is 4. The number of aliphatic carboxylic acids is 1. The Bertz CT molecular complexity index is 388. The van der Waals surface area contributed by atoms with Crippen LogP contribution < -0.4 is 0 Å². The van der Waals surface area contributed by atoms with Crippen LogP contribution in [0.4, 0.5) is 0 Å². The van der Waals surface area contributed by atoms with E-state index in [0.29, 0.717) is 6.42 Å². The molecule has 1 aliphatic carbocycles. The molecule has 0 bridgehead atoms. The topological polar surface area (TPSA) is 70.0 Å². The molecule has 5 nitrogen and oxygen atoms in total. The van der Waals surface area contributed by atoms with Gasteiger partial charge in [-0.3, -0.25) is 9.69 Å². The minimum absolute atomic E-state index is 0.193. The lowest BCUT2D eigenvalue weighted by Crippen LogP contribution is -2.46. The van der Waals surface area contributed by atoms with E-state index in [4.69, 9.17) is 9.84 Å². The van der Waals surface area contributed by atoms with Gasteiger partial charge in [-0.05, 0) is 19.3 Å². The zero-order valence-electron chi connectivity index (χ0n) is 12.4.